The van der Waals surface area contributed by atoms with E-state index in [0.29, 0.717) is 235 Å². The van der Waals surface area contributed by atoms with Crippen molar-refractivity contribution < 1.29 is 110 Å². The van der Waals surface area contributed by atoms with E-state index in [1.54, 1.807) is 35.2 Å². The van der Waals surface area contributed by atoms with Gasteiger partial charge in [-0.3, -0.25) is 24.0 Å². The SMILES string of the molecule is CCCOCCOCCOCCOCCOCC.CCOCCOCCC(=O)N1CCc2cc(Cn3nc(-c4ccc5oc(N)nc5c4)c4c(N)ncnc43)ccc2C1.COCCCC(=O)O[C@@H]1CC[C@@H](C[C@@H](C)[C@@H]2CC[C@H](C)/C=C(\C)[C@@H](O)[C@@H](OC)C(=O)[C@H](C)C[C@H](C)/C=C/C=C/C=C(\C)[C@@H](OC)C[C@@H]3CC[C@@H](C)[C@@](O)(O3)C(=O)C(=O)N3CCCC[C@H]3C(=O)O2)C[C@H]1OC. The lowest BCUT2D eigenvalue weighted by Crippen LogP contribution is -2.61. The average Bonchev–Trinajstić information content (AvgIpc) is 1.56. The van der Waals surface area contributed by atoms with Gasteiger partial charge in [-0.25, -0.2) is 19.4 Å². The maximum absolute atomic E-state index is 14.5. The van der Waals surface area contributed by atoms with Crippen molar-refractivity contribution in [2.45, 2.75) is 252 Å². The number of benzene rings is 2. The fraction of sp³-hybridized carbons (Fsp3) is 0.673. The number of aliphatic hydroxyl groups is 2. The molecule has 0 spiro atoms. The number of piperidine rings is 1. The number of hydrogen-bond acceptors (Lipinski definition) is 29. The van der Waals surface area contributed by atoms with Crippen LogP contribution in [0.25, 0.3) is 33.4 Å². The van der Waals surface area contributed by atoms with Gasteiger partial charge in [-0.15, -0.1) is 0 Å². The number of cyclic esters (lactones) is 1. The van der Waals surface area contributed by atoms with E-state index in [2.05, 4.69) is 47.0 Å². The molecule has 1 saturated carbocycles. The Morgan fingerprint density at radius 3 is 2.06 bits per heavy atom. The van der Waals surface area contributed by atoms with E-state index >= 15 is 0 Å². The Labute approximate surface area is 768 Å². The molecule has 4 aliphatic heterocycles. The lowest BCUT2D eigenvalue weighted by atomic mass is 9.78. The van der Waals surface area contributed by atoms with E-state index in [9.17, 15) is 39.0 Å². The molecule has 3 fully saturated rings. The largest absolute Gasteiger partial charge is 0.461 e. The maximum Gasteiger partial charge on any atom is 0.329 e. The minimum atomic E-state index is -2.40. The van der Waals surface area contributed by atoms with Gasteiger partial charge in [-0.05, 0) is 194 Å². The smallest absolute Gasteiger partial charge is 0.329 e. The number of amides is 2. The van der Waals surface area contributed by atoms with Crippen LogP contribution in [0.2, 0.25) is 0 Å². The van der Waals surface area contributed by atoms with Gasteiger partial charge in [0.15, 0.2) is 17.0 Å². The molecule has 2 bridgehead atoms. The first-order chi connectivity index (χ1) is 62.7. The first-order valence-electron chi connectivity index (χ1n) is 46.9. The Bertz CT molecular complexity index is 4400. The number of anilines is 2. The summed E-state index contributed by atoms with van der Waals surface area (Å²) < 4.78 is 85.4. The second-order valence-electron chi connectivity index (χ2n) is 34.8. The van der Waals surface area contributed by atoms with Crippen molar-refractivity contribution in [1.82, 2.24) is 34.5 Å². The van der Waals surface area contributed by atoms with Crippen molar-refractivity contribution in [3.05, 3.63) is 107 Å². The van der Waals surface area contributed by atoms with Gasteiger partial charge < -0.3 is 102 Å². The molecule has 0 unspecified atom stereocenters. The fourth-order valence-corrected chi connectivity index (χ4v) is 17.4. The maximum atomic E-state index is 14.5. The van der Waals surface area contributed by atoms with E-state index < -0.39 is 65.9 Å². The Hall–Kier alpha value is -8.32. The quantitative estimate of drug-likeness (QED) is 0.0125. The Kier molecular flexibility index (Phi) is 46.6. The highest BCUT2D eigenvalue weighted by Crippen LogP contribution is 2.40. The first-order valence-corrected chi connectivity index (χ1v) is 46.9. The molecule has 0 radical (unpaired) electrons. The van der Waals surface area contributed by atoms with Crippen molar-refractivity contribution in [1.29, 1.82) is 0 Å². The van der Waals surface area contributed by atoms with Crippen LogP contribution in [0.5, 0.6) is 0 Å². The van der Waals surface area contributed by atoms with Gasteiger partial charge in [0.1, 0.15) is 53.8 Å². The predicted octanol–water partition coefficient (Wildman–Crippen LogP) is 12.7. The van der Waals surface area contributed by atoms with E-state index in [-0.39, 0.29) is 78.4 Å². The summed E-state index contributed by atoms with van der Waals surface area (Å²) in [6.07, 6.45) is 18.8. The number of carbonyl (C=O) groups is 6. The number of aliphatic hydroxyl groups excluding tert-OH is 1. The van der Waals surface area contributed by atoms with Crippen LogP contribution in [-0.2, 0) is 115 Å². The number of aromatic nitrogens is 5. The van der Waals surface area contributed by atoms with E-state index in [1.165, 1.54) is 23.9 Å². The summed E-state index contributed by atoms with van der Waals surface area (Å²) in [4.78, 5) is 98.4. The zero-order valence-corrected chi connectivity index (χ0v) is 79.5. The van der Waals surface area contributed by atoms with Crippen LogP contribution in [0.15, 0.2) is 94.7 Å². The number of ether oxygens (including phenoxy) is 14. The number of rotatable bonds is 36. The molecule has 32 nitrogen and oxygen atoms in total. The van der Waals surface area contributed by atoms with Crippen molar-refractivity contribution in [3.63, 3.8) is 0 Å². The van der Waals surface area contributed by atoms with Gasteiger partial charge in [0.05, 0.1) is 109 Å². The number of Topliss-reactive ketones (excluding diaryl/α,β-unsaturated/α-hetero) is 2. The number of esters is 2. The zero-order chi connectivity index (χ0) is 94.1. The summed E-state index contributed by atoms with van der Waals surface area (Å²) in [7, 11) is 6.25. The first kappa shape index (κ1) is 107. The fourth-order valence-electron chi connectivity index (χ4n) is 17.4. The highest BCUT2D eigenvalue weighted by Gasteiger charge is 2.53. The summed E-state index contributed by atoms with van der Waals surface area (Å²) in [5, 5.41) is 29.1. The zero-order valence-electron chi connectivity index (χ0n) is 79.5. The second kappa shape index (κ2) is 56.6. The standard InChI is InChI=1S/C56H89NO14.C29H32N8O4.C13H28O5/c1-35-18-13-12-14-19-37(3)47(66-9)34-43-25-23-41(7)56(64,71-43)53(61)54(62)57-28-16-15-20-44(57)55(63)70-45(26-22-36(2)31-40(6)51(60)52(68-11)50(59)39(5)30-35)38(4)32-42-24-27-46(48(33-42)67-10)69-49(58)21-17-29-65-8;1-2-39-11-12-40-10-8-24(38)36-9-7-19-13-18(3-4-21(19)16-36)15-37-28-25(27(30)32-17-33-28)26(35-37)20-5-6-23-22(14-20)34-29(31)41-23;1-3-5-15-8-9-17-12-13-18-11-10-16-7-6-14-4-2/h12-14,18-19,31,35-36,38-39,41-48,51-52,60,64H,15-17,20-30,32-34H2,1-11H3;3-6,13-14,17H,2,7-12,15-16H2,1H3,(H2,31,34)(H2,30,32,33);3-13H2,1-2H3/b14-12+,18-13+,37-19+,40-31+;;/t35-,36+,38-,39-,41-,42+,43+,44+,45+,46-,47+,48-,51-,52+,56-;;/m1../s1. The molecule has 2 aromatic carbocycles. The number of hydrogen-bond donors (Lipinski definition) is 4. The Morgan fingerprint density at radius 2 is 1.38 bits per heavy atom. The third-order valence-corrected chi connectivity index (χ3v) is 24.8. The Morgan fingerprint density at radius 1 is 0.685 bits per heavy atom. The molecule has 130 heavy (non-hydrogen) atoms. The molecule has 5 aliphatic rings. The van der Waals surface area contributed by atoms with Crippen LogP contribution in [-0.4, -0.2) is 275 Å². The molecule has 15 atom stereocenters. The molecule has 3 aromatic heterocycles. The Balaban J connectivity index is 0.000000293. The van der Waals surface area contributed by atoms with Crippen molar-refractivity contribution in [2.24, 2.45) is 35.5 Å². The van der Waals surface area contributed by atoms with Crippen molar-refractivity contribution in [3.8, 4) is 11.3 Å². The van der Waals surface area contributed by atoms with Crippen molar-refractivity contribution in [2.75, 3.05) is 152 Å². The lowest BCUT2D eigenvalue weighted by Gasteiger charge is -2.42. The predicted molar refractivity (Wildman–Crippen MR) is 494 cm³/mol. The molecular weight excluding hydrogens is 1670 g/mol. The summed E-state index contributed by atoms with van der Waals surface area (Å²) in [5.74, 6) is -6.16. The third-order valence-electron chi connectivity index (χ3n) is 24.8. The average molecular weight is 1820 g/mol. The van der Waals surface area contributed by atoms with Crippen molar-refractivity contribution >= 4 is 69.3 Å². The lowest BCUT2D eigenvalue weighted by molar-refractivity contribution is -0.265. The van der Waals surface area contributed by atoms with Crippen LogP contribution < -0.4 is 11.5 Å². The number of oxazole rings is 1. The monoisotopic (exact) mass is 1820 g/mol. The molecule has 2 amide bonds. The van der Waals surface area contributed by atoms with E-state index in [0.717, 1.165) is 54.7 Å². The number of nitrogens with two attached hydrogens (primary N) is 2. The van der Waals surface area contributed by atoms with E-state index in [4.69, 9.17) is 87.3 Å². The minimum Gasteiger partial charge on any atom is -0.461 e. The van der Waals surface area contributed by atoms with Gasteiger partial charge in [0.2, 0.25) is 11.7 Å². The minimum absolute atomic E-state index is 0.0552. The summed E-state index contributed by atoms with van der Waals surface area (Å²) >= 11 is 0. The number of methoxy groups -OCH3 is 4. The normalized spacial score (nSPS) is 26.4. The number of nitrogens with zero attached hydrogens (tertiary/aromatic N) is 7. The summed E-state index contributed by atoms with van der Waals surface area (Å²) in [5.41, 5.74) is 20.3. The molecule has 5 aromatic rings. The molecular formula is C98H149N9O23. The highest BCUT2D eigenvalue weighted by atomic mass is 16.6. The van der Waals surface area contributed by atoms with Crippen LogP contribution in [0, 0.1) is 35.5 Å². The van der Waals surface area contributed by atoms with Gasteiger partial charge in [0.25, 0.3) is 17.7 Å². The summed E-state index contributed by atoms with van der Waals surface area (Å²) in [6.45, 7) is 30.4. The van der Waals surface area contributed by atoms with Gasteiger partial charge in [0, 0.05) is 105 Å². The summed E-state index contributed by atoms with van der Waals surface area (Å²) in [6, 6.07) is 11.0. The van der Waals surface area contributed by atoms with Crippen LogP contribution in [0.4, 0.5) is 11.8 Å². The van der Waals surface area contributed by atoms with Gasteiger partial charge in [-0.2, -0.15) is 10.1 Å². The van der Waals surface area contributed by atoms with Crippen LogP contribution >= 0.6 is 0 Å². The third kappa shape index (κ3) is 33.1. The topological polar surface area (TPSA) is 400 Å². The van der Waals surface area contributed by atoms with Crippen LogP contribution in [0.1, 0.15) is 195 Å². The molecule has 1 aliphatic carbocycles. The number of ketones is 2. The number of allylic oxidation sites excluding steroid dienone is 6. The van der Waals surface area contributed by atoms with E-state index in [1.807, 2.05) is 106 Å². The highest BCUT2D eigenvalue weighted by molar-refractivity contribution is 6.39. The number of carbonyl (C=O) groups excluding carboxylic acids is 6. The molecule has 7 heterocycles. The molecule has 724 valence electrons. The molecule has 32 heteroatoms. The van der Waals surface area contributed by atoms with Crippen LogP contribution in [0.3, 0.4) is 0 Å². The van der Waals surface area contributed by atoms with Gasteiger partial charge in [-0.1, -0.05) is 96.2 Å². The number of fused-ring (bicyclic) bond motifs is 6. The molecule has 2 saturated heterocycles. The van der Waals surface area contributed by atoms with Gasteiger partial charge >= 0.3 is 11.9 Å². The second-order valence-corrected chi connectivity index (χ2v) is 34.8. The molecule has 6 N–H and O–H groups in total. The number of nitrogen functional groups attached to an aromatic ring is 2. The molecule has 10 rings (SSSR count).